The molecule has 3 atom stereocenters. The molecule has 18 heterocycles. The molecule has 4 amide bonds. The van der Waals surface area contributed by atoms with E-state index in [2.05, 4.69) is 194 Å². The number of benzene rings is 3. The van der Waals surface area contributed by atoms with Gasteiger partial charge in [-0.05, 0) is 239 Å². The number of allylic oxidation sites excluding steroid dienone is 2. The summed E-state index contributed by atoms with van der Waals surface area (Å²) in [7, 11) is 0. The maximum absolute atomic E-state index is 12.9. The maximum Gasteiger partial charge on any atom is 0.290 e. The molecule has 44 heteroatoms. The molecule has 0 bridgehead atoms. The second-order valence-electron chi connectivity index (χ2n) is 37.2. The first kappa shape index (κ1) is 102. The van der Waals surface area contributed by atoms with Crippen LogP contribution in [0.4, 0.5) is 74.0 Å². The summed E-state index contributed by atoms with van der Waals surface area (Å²) in [6.45, 7) is 14.8. The van der Waals surface area contributed by atoms with Crippen molar-refractivity contribution in [3.63, 3.8) is 0 Å². The Hall–Kier alpha value is -16.0. The van der Waals surface area contributed by atoms with Gasteiger partial charge in [0.05, 0.1) is 76.8 Å². The minimum Gasteiger partial charge on any atom is -0.368 e. The van der Waals surface area contributed by atoms with Gasteiger partial charge >= 0.3 is 0 Å². The van der Waals surface area contributed by atoms with Gasteiger partial charge in [0.1, 0.15) is 17.1 Å². The van der Waals surface area contributed by atoms with E-state index < -0.39 is 17.4 Å². The quantitative estimate of drug-likeness (QED) is 0.0292. The van der Waals surface area contributed by atoms with Gasteiger partial charge in [0, 0.05) is 168 Å². The number of carbonyl (C=O) groups excluding carboxylic acids is 9. The maximum atomic E-state index is 12.9. The van der Waals surface area contributed by atoms with Crippen LogP contribution in [0.25, 0.3) is 37.0 Å². The summed E-state index contributed by atoms with van der Waals surface area (Å²) < 4.78 is 6.66. The van der Waals surface area contributed by atoms with Crippen LogP contribution in [0.2, 0.25) is 0 Å². The van der Waals surface area contributed by atoms with E-state index in [-0.39, 0.29) is 87.5 Å². The van der Waals surface area contributed by atoms with E-state index in [9.17, 15) is 47.9 Å². The van der Waals surface area contributed by atoms with Crippen LogP contribution in [-0.2, 0) is 59.2 Å². The second kappa shape index (κ2) is 46.4. The predicted octanol–water partition coefficient (Wildman–Crippen LogP) is 12.1. The Morgan fingerprint density at radius 2 is 1.15 bits per heavy atom. The number of hydrogen-bond donors (Lipinski definition) is 7. The average Bonchev–Trinajstić information content (AvgIpc) is 1.62. The van der Waals surface area contributed by atoms with Crippen LogP contribution in [-0.4, -0.2) is 212 Å². The third-order valence-corrected chi connectivity index (χ3v) is 30.3. The standard InChI is InChI=1S/C24H22N6O2S.C23H23N5OS.C22H21N5O3S.C18H20N8O2.C18H19N5O3S/c1-14-3-2-4-15(11-14)27-20-8-10-25-19-6-5-16(12-18(19)20)28-23-26-9-7-17(29-23)13-21-22(31)30-24(32)33-21;1-15-25-22(29)21(30-15)13-18-8-9-24-23(27-18)28-10-4-5-16(14-28)11-19-12-17-6-2-3-7-20(17)26-19;28-18-7-11-27(16-4-2-1-3-5-16)22(18)8-12-26(13-9-22)20-23-10-6-15(24-20)14-17-19(29)25-21(30)31-17;19-16-23-15(24-17(20)25-16)10-2-5-26(6-3-10)18-21-4-1-12(22-18)7-11-8-13(27)9-14(11)28;1-2-15-21-17(26-22-15)11-4-3-7-23(10-11)18-19-6-5-12(20-18)8-14-13(24)9-16(25)27-14/h2-4,7-11,13,16H,5-6,12H2,1H3,(H,25,27)(H,26,28,29)(H,30,31,32);2-3,6-9,13,16H,1,4-5,10-12,14H2,(H,25,29);1-6,10,14H,7-9,11-13H2,(H,25,29,30);1,4,7,10H,2-3,5-6,8-9H2,(H4,19,20,23,24,25);5-6,8,11H,2-4,7,9-10H2,1H3/b2*21-13-;17-14-;11-7+;14-8-. The smallest absolute Gasteiger partial charge is 0.290 e. The number of aromatic amines is 1. The molecule has 9 fully saturated rings. The first-order valence-corrected chi connectivity index (χ1v) is 52.5. The summed E-state index contributed by atoms with van der Waals surface area (Å²) in [4.78, 5) is 203. The van der Waals surface area contributed by atoms with E-state index in [1.807, 2.05) is 49.5 Å². The SMILES string of the molecule is C=c1[nH]c(=O)/c(=C/c2ccnc(N3CCCC(CC4=Nc5ccccc5C4)C3)n2)s1.CCc1noc(C2CCCN(c3nccc(/C=C4\SC(=O)CC4=O)n3)C2)n1.Cc1cccc(Nc2ccnc3c2CC(Nc2nccc(/C=C4\SC(=O)NC4=O)n2)CC3)c1.Nc1nc(N)nc(C2CCN(c3nccc(/C=C4\CC(=O)CC4=O)n3)CC2)n1.O=C1NC(=O)/C(=C/c2ccnc(N3CCC4(CC3)C(=O)CCN4c3ccccc3)n2)S1. The molecule has 0 radical (unpaired) electrons. The first-order chi connectivity index (χ1) is 72.3. The fraction of sp³-hybridized carbons (Fsp3) is 0.324. The molecule has 1 saturated carbocycles. The topological polar surface area (TPSA) is 535 Å². The van der Waals surface area contributed by atoms with Crippen molar-refractivity contribution in [3.8, 4) is 0 Å². The lowest BCUT2D eigenvalue weighted by atomic mass is 9.83. The number of fused-ring (bicyclic) bond motifs is 2. The average molecular weight is 2080 g/mol. The Kier molecular flexibility index (Phi) is 31.7. The van der Waals surface area contributed by atoms with Crippen molar-refractivity contribution >= 4 is 204 Å². The number of nitrogens with two attached hydrogens (primary N) is 2. The lowest BCUT2D eigenvalue weighted by molar-refractivity contribution is -0.123. The molecule has 9 N–H and O–H groups in total. The Bertz CT molecular complexity index is 7510. The van der Waals surface area contributed by atoms with Gasteiger partial charge in [0.25, 0.3) is 27.9 Å². The highest BCUT2D eigenvalue weighted by atomic mass is 32.2. The number of amides is 4. The van der Waals surface area contributed by atoms with Gasteiger partial charge in [-0.15, -0.1) is 11.3 Å². The molecule has 8 saturated heterocycles. The number of hydrogen-bond acceptors (Lipinski definition) is 41. The number of aromatic nitrogens is 17. The summed E-state index contributed by atoms with van der Waals surface area (Å²) in [6.07, 6.45) is 31.9. The van der Waals surface area contributed by atoms with Gasteiger partial charge in [-0.2, -0.15) is 19.9 Å². The third kappa shape index (κ3) is 25.5. The van der Waals surface area contributed by atoms with Gasteiger partial charge in [-0.1, -0.05) is 67.2 Å². The predicted molar refractivity (Wildman–Crippen MR) is 572 cm³/mol. The molecule has 23 rings (SSSR count). The number of thiazole rings is 1. The van der Waals surface area contributed by atoms with E-state index in [0.717, 1.165) is 191 Å². The fourth-order valence-electron chi connectivity index (χ4n) is 19.6. The molecule has 9 aromatic heterocycles. The van der Waals surface area contributed by atoms with Crippen LogP contribution in [0.5, 0.6) is 0 Å². The van der Waals surface area contributed by atoms with Gasteiger partial charge in [0.2, 0.25) is 52.6 Å². The number of imide groups is 2. The zero-order chi connectivity index (χ0) is 103. The number of para-hydroxylation sites is 2. The van der Waals surface area contributed by atoms with E-state index in [1.54, 1.807) is 85.6 Å². The molecule has 1 spiro atoms. The zero-order valence-corrected chi connectivity index (χ0v) is 84.8. The number of rotatable bonds is 19. The number of aryl methyl sites for hydroxylation is 3. The first-order valence-electron chi connectivity index (χ1n) is 49.2. The molecule has 40 nitrogen and oxygen atoms in total. The number of piperidine rings is 4. The van der Waals surface area contributed by atoms with Gasteiger partial charge in [-0.3, -0.25) is 68.6 Å². The van der Waals surface area contributed by atoms with Crippen LogP contribution in [0.1, 0.15) is 177 Å². The van der Waals surface area contributed by atoms with Gasteiger partial charge < -0.3 is 56.1 Å². The number of pyridine rings is 1. The number of nitrogens with zero attached hydrogens (tertiary/aromatic N) is 22. The lowest BCUT2D eigenvalue weighted by Crippen LogP contribution is -2.56. The number of carbonyl (C=O) groups is 9. The largest absolute Gasteiger partial charge is 0.368 e. The molecule has 3 unspecified atom stereocenters. The molecular formula is C105H105N29O11S4. The van der Waals surface area contributed by atoms with Gasteiger partial charge in [0.15, 0.2) is 23.2 Å². The molecule has 12 aromatic rings. The molecule has 149 heavy (non-hydrogen) atoms. The minimum atomic E-state index is -0.462. The van der Waals surface area contributed by atoms with Crippen molar-refractivity contribution in [3.05, 3.63) is 261 Å². The number of thioether (sulfide) groups is 3. The number of nitrogen functional groups attached to an aromatic ring is 2. The second-order valence-corrected chi connectivity index (χ2v) is 41.5. The Balaban J connectivity index is 0.000000117. The number of anilines is 10. The molecule has 11 aliphatic rings. The lowest BCUT2D eigenvalue weighted by Gasteiger charge is -2.44. The van der Waals surface area contributed by atoms with Crippen LogP contribution in [0.3, 0.4) is 0 Å². The molecular weight excluding hydrogens is 1970 g/mol. The molecule has 2 aliphatic carbocycles. The van der Waals surface area contributed by atoms with Crippen molar-refractivity contribution in [2.24, 2.45) is 10.9 Å². The highest BCUT2D eigenvalue weighted by molar-refractivity contribution is 8.19. The molecule has 760 valence electrons. The minimum absolute atomic E-state index is 0.0105. The summed E-state index contributed by atoms with van der Waals surface area (Å²) in [6, 6.07) is 37.7. The number of Topliss-reactive ketones (excluding diaryl/α,β-unsaturated/α-hetero) is 4. The summed E-state index contributed by atoms with van der Waals surface area (Å²) >= 11 is 4.06. The Morgan fingerprint density at radius 1 is 0.544 bits per heavy atom. The third-order valence-electron chi connectivity index (χ3n) is 26.8. The summed E-state index contributed by atoms with van der Waals surface area (Å²) in [5.41, 5.74) is 24.8. The van der Waals surface area contributed by atoms with E-state index in [4.69, 9.17) is 26.0 Å². The van der Waals surface area contributed by atoms with Crippen molar-refractivity contribution in [1.82, 2.24) is 95.5 Å². The number of ketones is 4. The van der Waals surface area contributed by atoms with Crippen molar-refractivity contribution in [2.45, 2.75) is 153 Å². The monoisotopic (exact) mass is 2080 g/mol. The van der Waals surface area contributed by atoms with Crippen LogP contribution in [0.15, 0.2) is 187 Å². The Labute approximate surface area is 871 Å². The van der Waals surface area contributed by atoms with Crippen LogP contribution < -0.4 is 72.0 Å². The van der Waals surface area contributed by atoms with Crippen LogP contribution in [0, 0.1) is 12.8 Å². The molecule has 9 aliphatic heterocycles. The van der Waals surface area contributed by atoms with E-state index in [1.165, 1.54) is 40.2 Å². The Morgan fingerprint density at radius 3 is 1.77 bits per heavy atom. The number of H-pyrrole nitrogens is 1. The highest BCUT2D eigenvalue weighted by Gasteiger charge is 2.50. The van der Waals surface area contributed by atoms with E-state index in [0.29, 0.717) is 138 Å². The van der Waals surface area contributed by atoms with Crippen molar-refractivity contribution in [2.75, 3.05) is 106 Å². The van der Waals surface area contributed by atoms with Crippen LogP contribution >= 0.6 is 46.6 Å². The van der Waals surface area contributed by atoms with Gasteiger partial charge in [-0.25, -0.2) is 49.8 Å². The summed E-state index contributed by atoms with van der Waals surface area (Å²) in [5, 5.41) is 14.6. The number of nitrogens with one attached hydrogen (secondary N) is 5. The highest BCUT2D eigenvalue weighted by Crippen LogP contribution is 2.42. The fourth-order valence-corrected chi connectivity index (χ4v) is 22.5. The van der Waals surface area contributed by atoms with Crippen molar-refractivity contribution < 1.29 is 47.7 Å². The molecule has 3 aromatic carbocycles. The normalized spacial score (nSPS) is 20.2. The zero-order valence-electron chi connectivity index (χ0n) is 81.5. The number of aliphatic imine (C=N–C) groups is 1. The van der Waals surface area contributed by atoms with Crippen molar-refractivity contribution in [1.29, 1.82) is 0 Å². The van der Waals surface area contributed by atoms with E-state index >= 15 is 0 Å². The summed E-state index contributed by atoms with van der Waals surface area (Å²) in [5.74, 6) is 5.30.